The summed E-state index contributed by atoms with van der Waals surface area (Å²) >= 11 is 1.86. The van der Waals surface area contributed by atoms with Crippen LogP contribution in [0.15, 0.2) is 18.2 Å². The Hall–Kier alpha value is -0.880. The van der Waals surface area contributed by atoms with Gasteiger partial charge in [0, 0.05) is 36.3 Å². The third kappa shape index (κ3) is 3.61. The maximum absolute atomic E-state index is 13.1. The first-order valence-electron chi connectivity index (χ1n) is 6.63. The molecule has 1 unspecified atom stereocenters. The molecule has 20 heavy (non-hydrogen) atoms. The molecule has 1 aromatic carbocycles. The van der Waals surface area contributed by atoms with Crippen LogP contribution in [0.1, 0.15) is 18.1 Å². The van der Waals surface area contributed by atoms with Gasteiger partial charge in [0.1, 0.15) is 0 Å². The van der Waals surface area contributed by atoms with Gasteiger partial charge in [-0.05, 0) is 24.7 Å². The predicted octanol–water partition coefficient (Wildman–Crippen LogP) is 3.37. The van der Waals surface area contributed by atoms with E-state index in [2.05, 4.69) is 12.2 Å². The Morgan fingerprint density at radius 2 is 2.15 bits per heavy atom. The molecule has 112 valence electrons. The number of alkyl halides is 3. The summed E-state index contributed by atoms with van der Waals surface area (Å²) < 4.78 is 39.4. The lowest BCUT2D eigenvalue weighted by Gasteiger charge is -2.33. The molecule has 1 aromatic rings. The smallest absolute Gasteiger partial charge is 0.370 e. The molecule has 6 heteroatoms. The van der Waals surface area contributed by atoms with Gasteiger partial charge in [0.15, 0.2) is 0 Å². The van der Waals surface area contributed by atoms with Crippen molar-refractivity contribution in [2.24, 2.45) is 0 Å². The van der Waals surface area contributed by atoms with Crippen LogP contribution in [0.2, 0.25) is 0 Å². The minimum Gasteiger partial charge on any atom is -0.370 e. The van der Waals surface area contributed by atoms with Crippen molar-refractivity contribution in [2.75, 3.05) is 30.8 Å². The highest BCUT2D eigenvalue weighted by molar-refractivity contribution is 8.00. The van der Waals surface area contributed by atoms with Gasteiger partial charge in [0.05, 0.1) is 5.56 Å². The molecule has 1 heterocycles. The highest BCUT2D eigenvalue weighted by atomic mass is 32.2. The topological polar surface area (TPSA) is 15.3 Å². The van der Waals surface area contributed by atoms with Crippen molar-refractivity contribution < 1.29 is 13.2 Å². The van der Waals surface area contributed by atoms with Crippen molar-refractivity contribution in [3.8, 4) is 0 Å². The number of anilines is 1. The van der Waals surface area contributed by atoms with E-state index in [1.165, 1.54) is 6.07 Å². The molecule has 0 saturated carbocycles. The monoisotopic (exact) mass is 304 g/mol. The van der Waals surface area contributed by atoms with E-state index in [9.17, 15) is 13.2 Å². The van der Waals surface area contributed by atoms with Crippen LogP contribution in [0.25, 0.3) is 0 Å². The lowest BCUT2D eigenvalue weighted by molar-refractivity contribution is -0.138. The third-order valence-corrected chi connectivity index (χ3v) is 4.51. The van der Waals surface area contributed by atoms with Crippen LogP contribution in [0.5, 0.6) is 0 Å². The summed E-state index contributed by atoms with van der Waals surface area (Å²) in [6.45, 7) is 3.93. The van der Waals surface area contributed by atoms with Crippen LogP contribution in [-0.2, 0) is 12.7 Å². The van der Waals surface area contributed by atoms with E-state index < -0.39 is 11.7 Å². The fraction of sp³-hybridized carbons (Fsp3) is 0.571. The van der Waals surface area contributed by atoms with E-state index >= 15 is 0 Å². The van der Waals surface area contributed by atoms with Crippen molar-refractivity contribution in [3.63, 3.8) is 0 Å². The molecule has 2 nitrogen and oxygen atoms in total. The average molecular weight is 304 g/mol. The summed E-state index contributed by atoms with van der Waals surface area (Å²) in [6, 6.07) is 4.67. The van der Waals surface area contributed by atoms with Gasteiger partial charge in [0.25, 0.3) is 0 Å². The Morgan fingerprint density at radius 1 is 1.40 bits per heavy atom. The standard InChI is InChI=1S/C14H19F3N2S/c1-10-9-19(5-6-20-10)12-4-3-11(8-18-2)13(7-12)14(15,16)17/h3-4,7,10,18H,5-6,8-9H2,1-2H3. The zero-order valence-electron chi connectivity index (χ0n) is 11.6. The number of rotatable bonds is 3. The number of hydrogen-bond donors (Lipinski definition) is 1. The number of benzene rings is 1. The van der Waals surface area contributed by atoms with E-state index in [0.29, 0.717) is 16.5 Å². The Kier molecular flexibility index (Phi) is 4.86. The molecule has 1 saturated heterocycles. The molecule has 0 bridgehead atoms. The zero-order valence-corrected chi connectivity index (χ0v) is 12.4. The summed E-state index contributed by atoms with van der Waals surface area (Å²) in [6.07, 6.45) is -4.31. The van der Waals surface area contributed by atoms with Gasteiger partial charge in [-0.3, -0.25) is 0 Å². The van der Waals surface area contributed by atoms with Crippen LogP contribution >= 0.6 is 11.8 Å². The molecule has 1 fully saturated rings. The first kappa shape index (κ1) is 15.5. The quantitative estimate of drug-likeness (QED) is 0.922. The number of nitrogens with zero attached hydrogens (tertiary/aromatic N) is 1. The Bertz CT molecular complexity index is 462. The minimum absolute atomic E-state index is 0.224. The molecule has 1 aliphatic heterocycles. The molecule has 0 aromatic heterocycles. The van der Waals surface area contributed by atoms with E-state index in [1.54, 1.807) is 19.2 Å². The molecular formula is C14H19F3N2S. The summed E-state index contributed by atoms with van der Waals surface area (Å²) in [5.74, 6) is 0.959. The van der Waals surface area contributed by atoms with E-state index in [0.717, 1.165) is 18.8 Å². The van der Waals surface area contributed by atoms with Gasteiger partial charge >= 0.3 is 6.18 Å². The van der Waals surface area contributed by atoms with Gasteiger partial charge in [-0.2, -0.15) is 24.9 Å². The summed E-state index contributed by atoms with van der Waals surface area (Å²) in [5.41, 5.74) is 0.433. The summed E-state index contributed by atoms with van der Waals surface area (Å²) in [7, 11) is 1.65. The predicted molar refractivity (Wildman–Crippen MR) is 78.3 cm³/mol. The largest absolute Gasteiger partial charge is 0.416 e. The maximum atomic E-state index is 13.1. The highest BCUT2D eigenvalue weighted by Crippen LogP contribution is 2.35. The first-order chi connectivity index (χ1) is 9.41. The SMILES string of the molecule is CNCc1ccc(N2CCSC(C)C2)cc1C(F)(F)F. The van der Waals surface area contributed by atoms with Crippen LogP contribution in [0.3, 0.4) is 0 Å². The Balaban J connectivity index is 2.31. The molecule has 1 N–H and O–H groups in total. The summed E-state index contributed by atoms with van der Waals surface area (Å²) in [4.78, 5) is 2.04. The summed E-state index contributed by atoms with van der Waals surface area (Å²) in [5, 5.41) is 3.24. The van der Waals surface area contributed by atoms with Crippen molar-refractivity contribution in [1.29, 1.82) is 0 Å². The molecule has 1 aliphatic rings. The lowest BCUT2D eigenvalue weighted by atomic mass is 10.1. The van der Waals surface area contributed by atoms with E-state index in [4.69, 9.17) is 0 Å². The molecule has 0 aliphatic carbocycles. The Morgan fingerprint density at radius 3 is 2.75 bits per heavy atom. The lowest BCUT2D eigenvalue weighted by Crippen LogP contribution is -2.36. The third-order valence-electron chi connectivity index (χ3n) is 3.37. The number of thioether (sulfide) groups is 1. The molecule has 0 spiro atoms. The number of nitrogens with one attached hydrogen (secondary N) is 1. The number of halogens is 3. The van der Waals surface area contributed by atoms with E-state index in [-0.39, 0.29) is 6.54 Å². The van der Waals surface area contributed by atoms with Gasteiger partial charge in [0.2, 0.25) is 0 Å². The van der Waals surface area contributed by atoms with Gasteiger partial charge in [-0.1, -0.05) is 13.0 Å². The van der Waals surface area contributed by atoms with E-state index in [1.807, 2.05) is 16.7 Å². The van der Waals surface area contributed by atoms with Crippen molar-refractivity contribution in [3.05, 3.63) is 29.3 Å². The van der Waals surface area contributed by atoms with Crippen molar-refractivity contribution in [2.45, 2.75) is 24.9 Å². The van der Waals surface area contributed by atoms with Crippen LogP contribution < -0.4 is 10.2 Å². The van der Waals surface area contributed by atoms with Crippen molar-refractivity contribution in [1.82, 2.24) is 5.32 Å². The molecule has 0 amide bonds. The van der Waals surface area contributed by atoms with Gasteiger partial charge < -0.3 is 10.2 Å². The second-order valence-electron chi connectivity index (χ2n) is 5.00. The second-order valence-corrected chi connectivity index (χ2v) is 6.54. The van der Waals surface area contributed by atoms with Gasteiger partial charge in [-0.25, -0.2) is 0 Å². The van der Waals surface area contributed by atoms with Crippen LogP contribution in [0.4, 0.5) is 18.9 Å². The highest BCUT2D eigenvalue weighted by Gasteiger charge is 2.34. The molecule has 0 radical (unpaired) electrons. The fourth-order valence-electron chi connectivity index (χ4n) is 2.42. The number of hydrogen-bond acceptors (Lipinski definition) is 3. The minimum atomic E-state index is -4.31. The van der Waals surface area contributed by atoms with Crippen molar-refractivity contribution >= 4 is 17.4 Å². The Labute approximate surface area is 121 Å². The fourth-order valence-corrected chi connectivity index (χ4v) is 3.44. The first-order valence-corrected chi connectivity index (χ1v) is 7.68. The molecular weight excluding hydrogens is 285 g/mol. The average Bonchev–Trinajstić information content (AvgIpc) is 2.38. The molecule has 2 rings (SSSR count). The second kappa shape index (κ2) is 6.26. The van der Waals surface area contributed by atoms with Crippen LogP contribution in [-0.4, -0.2) is 31.1 Å². The van der Waals surface area contributed by atoms with Gasteiger partial charge in [-0.15, -0.1) is 0 Å². The normalized spacial score (nSPS) is 20.2. The zero-order chi connectivity index (χ0) is 14.8. The van der Waals surface area contributed by atoms with Crippen LogP contribution in [0, 0.1) is 0 Å². The molecule has 1 atom stereocenters. The maximum Gasteiger partial charge on any atom is 0.416 e.